The predicted octanol–water partition coefficient (Wildman–Crippen LogP) is 5.20. The molecule has 134 valence electrons. The molecule has 6 heteroatoms. The van der Waals surface area contributed by atoms with Gasteiger partial charge in [0, 0.05) is 11.5 Å². The van der Waals surface area contributed by atoms with Crippen LogP contribution >= 0.6 is 21.6 Å². The Balaban J connectivity index is 4.35. The van der Waals surface area contributed by atoms with Crippen molar-refractivity contribution < 1.29 is 8.85 Å². The zero-order valence-electron chi connectivity index (χ0n) is 16.4. The van der Waals surface area contributed by atoms with Gasteiger partial charge in [-0.25, -0.2) is 0 Å². The van der Waals surface area contributed by atoms with Gasteiger partial charge in [-0.1, -0.05) is 63.1 Å². The fraction of sp³-hybridized carbons (Fsp3) is 1.00. The monoisotopic (exact) mass is 382 g/mol. The molecule has 0 radical (unpaired) electrons. The van der Waals surface area contributed by atoms with Crippen LogP contribution in [0.15, 0.2) is 0 Å². The minimum absolute atomic E-state index is 0.218. The van der Waals surface area contributed by atoms with Crippen molar-refractivity contribution in [2.75, 3.05) is 11.5 Å². The summed E-state index contributed by atoms with van der Waals surface area (Å²) in [4.78, 5) is 0. The van der Waals surface area contributed by atoms with Gasteiger partial charge in [0.05, 0.1) is 12.2 Å². The van der Waals surface area contributed by atoms with E-state index < -0.39 is 18.1 Å². The Hall–Kier alpha value is 1.05. The van der Waals surface area contributed by atoms with Gasteiger partial charge in [-0.05, 0) is 37.0 Å². The lowest BCUT2D eigenvalue weighted by Gasteiger charge is -2.34. The molecule has 0 saturated heterocycles. The summed E-state index contributed by atoms with van der Waals surface area (Å²) in [5.41, 5.74) is 0.436. The molecule has 2 unspecified atom stereocenters. The molecule has 0 heterocycles. The standard InChI is InChI=1S/C16H38O2S2Si2/c1-15(2,3)13(17-21(7)8)11-19-20-12-14(16(4,5)6)18-22(9)10/h13-14,21-22H,11-12H2,1-10H3. The molecule has 2 nitrogen and oxygen atoms in total. The highest BCUT2D eigenvalue weighted by Gasteiger charge is 2.28. The predicted molar refractivity (Wildman–Crippen MR) is 111 cm³/mol. The Morgan fingerprint density at radius 2 is 0.955 bits per heavy atom. The van der Waals surface area contributed by atoms with Crippen molar-refractivity contribution >= 4 is 39.7 Å². The molecule has 0 bridgehead atoms. The van der Waals surface area contributed by atoms with Gasteiger partial charge in [0.25, 0.3) is 0 Å². The van der Waals surface area contributed by atoms with Crippen molar-refractivity contribution in [2.45, 2.75) is 79.9 Å². The van der Waals surface area contributed by atoms with Crippen LogP contribution in [0.1, 0.15) is 41.5 Å². The molecule has 0 rings (SSSR count). The van der Waals surface area contributed by atoms with E-state index >= 15 is 0 Å². The summed E-state index contributed by atoms with van der Waals surface area (Å²) in [7, 11) is 1.93. The maximum Gasteiger partial charge on any atom is 0.171 e. The van der Waals surface area contributed by atoms with Crippen LogP contribution in [-0.4, -0.2) is 41.8 Å². The second-order valence-corrected chi connectivity index (χ2v) is 15.9. The van der Waals surface area contributed by atoms with Gasteiger partial charge in [-0.15, -0.1) is 0 Å². The third-order valence-electron chi connectivity index (χ3n) is 3.33. The summed E-state index contributed by atoms with van der Waals surface area (Å²) in [6.45, 7) is 22.7. The zero-order valence-corrected chi connectivity index (χ0v) is 20.3. The van der Waals surface area contributed by atoms with Gasteiger partial charge in [-0.2, -0.15) is 0 Å². The molecule has 2 atom stereocenters. The van der Waals surface area contributed by atoms with Crippen molar-refractivity contribution in [3.05, 3.63) is 0 Å². The van der Waals surface area contributed by atoms with Crippen LogP contribution in [0.3, 0.4) is 0 Å². The Morgan fingerprint density at radius 3 is 1.14 bits per heavy atom. The van der Waals surface area contributed by atoms with E-state index in [-0.39, 0.29) is 10.8 Å². The first kappa shape index (κ1) is 23.1. The third kappa shape index (κ3) is 10.8. The van der Waals surface area contributed by atoms with Crippen LogP contribution in [0, 0.1) is 10.8 Å². The molecule has 0 aromatic heterocycles. The normalized spacial score (nSPS) is 16.4. The maximum absolute atomic E-state index is 6.23. The van der Waals surface area contributed by atoms with Gasteiger partial charge >= 0.3 is 0 Å². The van der Waals surface area contributed by atoms with Crippen LogP contribution in [0.2, 0.25) is 26.2 Å². The fourth-order valence-electron chi connectivity index (χ4n) is 1.86. The summed E-state index contributed by atoms with van der Waals surface area (Å²) in [5, 5.41) is 0. The van der Waals surface area contributed by atoms with E-state index in [1.807, 2.05) is 21.6 Å². The van der Waals surface area contributed by atoms with Crippen molar-refractivity contribution in [3.8, 4) is 0 Å². The van der Waals surface area contributed by atoms with Crippen molar-refractivity contribution in [3.63, 3.8) is 0 Å². The number of hydrogen-bond acceptors (Lipinski definition) is 4. The fourth-order valence-corrected chi connectivity index (χ4v) is 7.38. The van der Waals surface area contributed by atoms with E-state index in [1.165, 1.54) is 0 Å². The minimum atomic E-state index is -0.988. The van der Waals surface area contributed by atoms with Crippen LogP contribution < -0.4 is 0 Å². The van der Waals surface area contributed by atoms with Crippen LogP contribution in [0.25, 0.3) is 0 Å². The second-order valence-electron chi connectivity index (χ2n) is 8.65. The summed E-state index contributed by atoms with van der Waals surface area (Å²) < 4.78 is 12.5. The molecule has 0 N–H and O–H groups in total. The first-order valence-electron chi connectivity index (χ1n) is 8.39. The lowest BCUT2D eigenvalue weighted by atomic mass is 9.90. The Bertz CT molecular complexity index is 270. The molecule has 0 aliphatic carbocycles. The highest BCUT2D eigenvalue weighted by atomic mass is 33.1. The van der Waals surface area contributed by atoms with Gasteiger partial charge < -0.3 is 8.85 Å². The number of hydrogen-bond donors (Lipinski definition) is 0. The first-order chi connectivity index (χ1) is 9.84. The number of rotatable bonds is 9. The quantitative estimate of drug-likeness (QED) is 0.310. The molecular formula is C16H38O2S2Si2. The average Bonchev–Trinajstić information content (AvgIpc) is 2.27. The molecule has 0 aromatic rings. The highest BCUT2D eigenvalue weighted by Crippen LogP contribution is 2.34. The van der Waals surface area contributed by atoms with E-state index in [0.29, 0.717) is 12.2 Å². The van der Waals surface area contributed by atoms with E-state index in [9.17, 15) is 0 Å². The average molecular weight is 383 g/mol. The van der Waals surface area contributed by atoms with E-state index in [0.717, 1.165) is 11.5 Å². The SMILES string of the molecule is C[SiH](C)OC(CSSCC(O[SiH](C)C)C(C)(C)C)C(C)(C)C. The van der Waals surface area contributed by atoms with Crippen LogP contribution in [0.4, 0.5) is 0 Å². The van der Waals surface area contributed by atoms with Crippen LogP contribution in [0.5, 0.6) is 0 Å². The van der Waals surface area contributed by atoms with Gasteiger partial charge in [0.2, 0.25) is 0 Å². The molecule has 0 aromatic carbocycles. The third-order valence-corrected chi connectivity index (χ3v) is 7.43. The Kier molecular flexibility index (Phi) is 10.6. The second kappa shape index (κ2) is 10.1. The molecule has 0 fully saturated rings. The Labute approximate surface area is 150 Å². The first-order valence-corrected chi connectivity index (χ1v) is 16.4. The largest absolute Gasteiger partial charge is 0.416 e. The Morgan fingerprint density at radius 1 is 0.682 bits per heavy atom. The molecule has 0 saturated carbocycles. The lowest BCUT2D eigenvalue weighted by Crippen LogP contribution is -2.36. The van der Waals surface area contributed by atoms with E-state index in [2.05, 4.69) is 67.7 Å². The molecule has 0 amide bonds. The summed E-state index contributed by atoms with van der Waals surface area (Å²) in [6.07, 6.45) is 0.704. The van der Waals surface area contributed by atoms with E-state index in [1.54, 1.807) is 0 Å². The van der Waals surface area contributed by atoms with Crippen molar-refractivity contribution in [1.29, 1.82) is 0 Å². The van der Waals surface area contributed by atoms with Crippen molar-refractivity contribution in [1.82, 2.24) is 0 Å². The van der Waals surface area contributed by atoms with Gasteiger partial charge in [0.1, 0.15) is 0 Å². The highest BCUT2D eigenvalue weighted by molar-refractivity contribution is 8.76. The maximum atomic E-state index is 6.23. The van der Waals surface area contributed by atoms with Crippen molar-refractivity contribution in [2.24, 2.45) is 10.8 Å². The summed E-state index contributed by atoms with van der Waals surface area (Å²) in [6, 6.07) is 0. The summed E-state index contributed by atoms with van der Waals surface area (Å²) >= 11 is 0. The molecule has 0 aliphatic heterocycles. The molecule has 0 aliphatic rings. The molecule has 22 heavy (non-hydrogen) atoms. The van der Waals surface area contributed by atoms with Gasteiger partial charge in [-0.3, -0.25) is 0 Å². The lowest BCUT2D eigenvalue weighted by molar-refractivity contribution is 0.107. The zero-order chi connectivity index (χ0) is 17.6. The topological polar surface area (TPSA) is 18.5 Å². The molecule has 0 spiro atoms. The smallest absolute Gasteiger partial charge is 0.171 e. The van der Waals surface area contributed by atoms with E-state index in [4.69, 9.17) is 8.85 Å². The summed E-state index contributed by atoms with van der Waals surface area (Å²) in [5.74, 6) is 2.13. The van der Waals surface area contributed by atoms with Crippen LogP contribution in [-0.2, 0) is 8.85 Å². The minimum Gasteiger partial charge on any atom is -0.416 e. The molecular weight excluding hydrogens is 344 g/mol. The van der Waals surface area contributed by atoms with Gasteiger partial charge in [0.15, 0.2) is 18.1 Å².